The number of carbonyl (C=O) groups is 1. The predicted molar refractivity (Wildman–Crippen MR) is 64.3 cm³/mol. The van der Waals surface area contributed by atoms with E-state index in [1.807, 2.05) is 6.20 Å². The van der Waals surface area contributed by atoms with Crippen molar-refractivity contribution in [1.82, 2.24) is 14.4 Å². The van der Waals surface area contributed by atoms with Gasteiger partial charge in [0.15, 0.2) is 5.65 Å². The first kappa shape index (κ1) is 11.2. The van der Waals surface area contributed by atoms with Gasteiger partial charge in [0.05, 0.1) is 18.5 Å². The highest BCUT2D eigenvalue weighted by atomic mass is 16.5. The van der Waals surface area contributed by atoms with Crippen LogP contribution in [0.4, 0.5) is 0 Å². The normalized spacial score (nSPS) is 20.1. The van der Waals surface area contributed by atoms with Gasteiger partial charge in [0, 0.05) is 24.9 Å². The van der Waals surface area contributed by atoms with Crippen molar-refractivity contribution in [2.45, 2.75) is 18.8 Å². The van der Waals surface area contributed by atoms with Gasteiger partial charge in [-0.1, -0.05) is 0 Å². The van der Waals surface area contributed by atoms with Crippen LogP contribution in [0.25, 0.3) is 5.65 Å². The third-order valence-electron chi connectivity index (χ3n) is 3.19. The molecule has 94 valence electrons. The van der Waals surface area contributed by atoms with Gasteiger partial charge in [-0.25, -0.2) is 9.97 Å². The SMILES string of the molecule is NC(=O)c1cn2cc(C3CCCOC3)nc2cn1. The number of carbonyl (C=O) groups excluding carboxylic acids is 1. The van der Waals surface area contributed by atoms with Crippen LogP contribution in [-0.2, 0) is 4.74 Å². The Bertz CT molecular complexity index is 587. The Morgan fingerprint density at radius 2 is 2.39 bits per heavy atom. The highest BCUT2D eigenvalue weighted by molar-refractivity contribution is 5.90. The van der Waals surface area contributed by atoms with Crippen LogP contribution in [0.1, 0.15) is 34.9 Å². The summed E-state index contributed by atoms with van der Waals surface area (Å²) in [5.41, 5.74) is 7.15. The van der Waals surface area contributed by atoms with Crippen LogP contribution >= 0.6 is 0 Å². The van der Waals surface area contributed by atoms with Gasteiger partial charge in [-0.15, -0.1) is 0 Å². The number of nitrogens with two attached hydrogens (primary N) is 1. The second kappa shape index (κ2) is 4.38. The largest absolute Gasteiger partial charge is 0.381 e. The minimum atomic E-state index is -0.534. The third-order valence-corrected chi connectivity index (χ3v) is 3.19. The van der Waals surface area contributed by atoms with Crippen molar-refractivity contribution in [3.63, 3.8) is 0 Å². The Hall–Kier alpha value is -1.95. The molecule has 1 amide bonds. The molecule has 2 aromatic heterocycles. The first-order valence-corrected chi connectivity index (χ1v) is 5.96. The van der Waals surface area contributed by atoms with Crippen molar-refractivity contribution in [2.75, 3.05) is 13.2 Å². The average molecular weight is 246 g/mol. The molecule has 1 unspecified atom stereocenters. The molecule has 2 aromatic rings. The Balaban J connectivity index is 1.97. The first-order chi connectivity index (χ1) is 8.74. The highest BCUT2D eigenvalue weighted by Crippen LogP contribution is 2.24. The van der Waals surface area contributed by atoms with Crippen LogP contribution in [0.2, 0.25) is 0 Å². The summed E-state index contributed by atoms with van der Waals surface area (Å²) in [6, 6.07) is 0. The van der Waals surface area contributed by atoms with Crippen molar-refractivity contribution in [3.05, 3.63) is 30.0 Å². The molecular formula is C12H14N4O2. The quantitative estimate of drug-likeness (QED) is 0.846. The Morgan fingerprint density at radius 3 is 3.11 bits per heavy atom. The van der Waals surface area contributed by atoms with Crippen LogP contribution < -0.4 is 5.73 Å². The summed E-state index contributed by atoms with van der Waals surface area (Å²) in [7, 11) is 0. The van der Waals surface area contributed by atoms with Crippen molar-refractivity contribution >= 4 is 11.6 Å². The second-order valence-corrected chi connectivity index (χ2v) is 4.48. The molecule has 2 N–H and O–H groups in total. The summed E-state index contributed by atoms with van der Waals surface area (Å²) in [6.07, 6.45) is 7.23. The van der Waals surface area contributed by atoms with E-state index in [1.54, 1.807) is 16.8 Å². The minimum Gasteiger partial charge on any atom is -0.381 e. The maximum absolute atomic E-state index is 11.1. The van der Waals surface area contributed by atoms with E-state index in [1.165, 1.54) is 0 Å². The number of primary amides is 1. The standard InChI is InChI=1S/C12H14N4O2/c13-12(17)10-6-16-5-9(15-11(16)4-14-10)8-2-1-3-18-7-8/h4-6,8H,1-3,7H2,(H2,13,17). The lowest BCUT2D eigenvalue weighted by Crippen LogP contribution is -2.15. The van der Waals surface area contributed by atoms with Gasteiger partial charge >= 0.3 is 0 Å². The number of aromatic nitrogens is 3. The summed E-state index contributed by atoms with van der Waals surface area (Å²) in [6.45, 7) is 1.54. The predicted octanol–water partition coefficient (Wildman–Crippen LogP) is 0.722. The molecule has 18 heavy (non-hydrogen) atoms. The molecule has 1 saturated heterocycles. The number of rotatable bonds is 2. The monoisotopic (exact) mass is 246 g/mol. The molecule has 0 bridgehead atoms. The smallest absolute Gasteiger partial charge is 0.268 e. The number of ether oxygens (including phenoxy) is 1. The van der Waals surface area contributed by atoms with Gasteiger partial charge in [-0.2, -0.15) is 0 Å². The average Bonchev–Trinajstić information content (AvgIpc) is 2.82. The zero-order valence-corrected chi connectivity index (χ0v) is 9.87. The molecule has 6 heteroatoms. The topological polar surface area (TPSA) is 82.5 Å². The molecule has 0 radical (unpaired) electrons. The molecule has 1 aliphatic rings. The fourth-order valence-electron chi connectivity index (χ4n) is 2.22. The van der Waals surface area contributed by atoms with Crippen molar-refractivity contribution in [2.24, 2.45) is 5.73 Å². The summed E-state index contributed by atoms with van der Waals surface area (Å²) >= 11 is 0. The van der Waals surface area contributed by atoms with E-state index in [0.29, 0.717) is 12.5 Å². The first-order valence-electron chi connectivity index (χ1n) is 5.96. The molecule has 0 aromatic carbocycles. The van der Waals surface area contributed by atoms with Crippen molar-refractivity contribution < 1.29 is 9.53 Å². The Morgan fingerprint density at radius 1 is 1.50 bits per heavy atom. The van der Waals surface area contributed by atoms with E-state index in [2.05, 4.69) is 9.97 Å². The van der Waals surface area contributed by atoms with Gasteiger partial charge in [0.2, 0.25) is 0 Å². The summed E-state index contributed by atoms with van der Waals surface area (Å²) in [5.74, 6) is -0.205. The van der Waals surface area contributed by atoms with E-state index in [9.17, 15) is 4.79 Å². The lowest BCUT2D eigenvalue weighted by molar-refractivity contribution is 0.0794. The van der Waals surface area contributed by atoms with E-state index in [4.69, 9.17) is 10.5 Å². The molecule has 3 rings (SSSR count). The van der Waals surface area contributed by atoms with Crippen LogP contribution in [-0.4, -0.2) is 33.5 Å². The lowest BCUT2D eigenvalue weighted by atomic mass is 9.99. The van der Waals surface area contributed by atoms with Crippen molar-refractivity contribution in [1.29, 1.82) is 0 Å². The molecule has 6 nitrogen and oxygen atoms in total. The molecule has 0 spiro atoms. The van der Waals surface area contributed by atoms with E-state index < -0.39 is 5.91 Å². The second-order valence-electron chi connectivity index (χ2n) is 4.48. The molecule has 3 heterocycles. The maximum atomic E-state index is 11.1. The fourth-order valence-corrected chi connectivity index (χ4v) is 2.22. The zero-order valence-electron chi connectivity index (χ0n) is 9.87. The van der Waals surface area contributed by atoms with Gasteiger partial charge in [-0.05, 0) is 12.8 Å². The molecular weight excluding hydrogens is 232 g/mol. The summed E-state index contributed by atoms with van der Waals surface area (Å²) in [5, 5.41) is 0. The molecule has 0 saturated carbocycles. The van der Waals surface area contributed by atoms with Crippen LogP contribution in [0, 0.1) is 0 Å². The number of amides is 1. The lowest BCUT2D eigenvalue weighted by Gasteiger charge is -2.19. The van der Waals surface area contributed by atoms with E-state index in [0.717, 1.165) is 30.8 Å². The summed E-state index contributed by atoms with van der Waals surface area (Å²) < 4.78 is 7.24. The summed E-state index contributed by atoms with van der Waals surface area (Å²) in [4.78, 5) is 19.5. The molecule has 1 fully saturated rings. The number of hydrogen-bond donors (Lipinski definition) is 1. The number of fused-ring (bicyclic) bond motifs is 1. The van der Waals surface area contributed by atoms with Gasteiger partial charge < -0.3 is 14.9 Å². The van der Waals surface area contributed by atoms with Gasteiger partial charge in [0.25, 0.3) is 5.91 Å². The van der Waals surface area contributed by atoms with Crippen LogP contribution in [0.3, 0.4) is 0 Å². The zero-order chi connectivity index (χ0) is 12.5. The Kier molecular flexibility index (Phi) is 2.71. The number of hydrogen-bond acceptors (Lipinski definition) is 4. The molecule has 0 aliphatic carbocycles. The highest BCUT2D eigenvalue weighted by Gasteiger charge is 2.19. The number of nitrogens with zero attached hydrogens (tertiary/aromatic N) is 3. The van der Waals surface area contributed by atoms with E-state index >= 15 is 0 Å². The van der Waals surface area contributed by atoms with Crippen LogP contribution in [0.15, 0.2) is 18.6 Å². The van der Waals surface area contributed by atoms with Gasteiger partial charge in [-0.3, -0.25) is 4.79 Å². The fraction of sp³-hybridized carbons (Fsp3) is 0.417. The maximum Gasteiger partial charge on any atom is 0.268 e. The Labute approximate surface area is 104 Å². The van der Waals surface area contributed by atoms with Crippen LogP contribution in [0.5, 0.6) is 0 Å². The van der Waals surface area contributed by atoms with E-state index in [-0.39, 0.29) is 5.69 Å². The van der Waals surface area contributed by atoms with Gasteiger partial charge in [0.1, 0.15) is 5.69 Å². The molecule has 1 atom stereocenters. The number of imidazole rings is 1. The molecule has 1 aliphatic heterocycles. The minimum absolute atomic E-state index is 0.242. The van der Waals surface area contributed by atoms with Crippen molar-refractivity contribution in [3.8, 4) is 0 Å². The third kappa shape index (κ3) is 1.95.